The summed E-state index contributed by atoms with van der Waals surface area (Å²) >= 11 is 0. The van der Waals surface area contributed by atoms with E-state index in [1.54, 1.807) is 4.90 Å². The molecular formula is C28H34N4O4. The van der Waals surface area contributed by atoms with Crippen LogP contribution in [-0.4, -0.2) is 67.7 Å². The van der Waals surface area contributed by atoms with Crippen molar-refractivity contribution >= 4 is 29.3 Å². The maximum Gasteiger partial charge on any atom is 0.414 e. The Morgan fingerprint density at radius 2 is 1.61 bits per heavy atom. The van der Waals surface area contributed by atoms with Gasteiger partial charge in [-0.25, -0.2) is 4.79 Å². The molecule has 2 aromatic carbocycles. The number of piperazine rings is 1. The molecule has 190 valence electrons. The summed E-state index contributed by atoms with van der Waals surface area (Å²) in [4.78, 5) is 44.3. The van der Waals surface area contributed by atoms with Crippen molar-refractivity contribution in [2.75, 3.05) is 42.5 Å². The lowest BCUT2D eigenvalue weighted by atomic mass is 9.99. The highest BCUT2D eigenvalue weighted by atomic mass is 16.6. The first-order valence-corrected chi connectivity index (χ1v) is 12.9. The molecule has 1 N–H and O–H groups in total. The molecule has 0 radical (unpaired) electrons. The molecule has 3 aliphatic rings. The van der Waals surface area contributed by atoms with Crippen molar-refractivity contribution in [2.45, 2.75) is 45.8 Å². The fraction of sp³-hybridized carbons (Fsp3) is 0.464. The van der Waals surface area contributed by atoms with E-state index in [4.69, 9.17) is 4.74 Å². The Labute approximate surface area is 212 Å². The Morgan fingerprint density at radius 1 is 0.944 bits per heavy atom. The first kappa shape index (κ1) is 24.3. The SMILES string of the molecule is CC(C)OC(=O)N1C[C@H](C)N(C(=O)C2CC2)c2ccc(-c3ccc(C(=O)N4CCNCC4)cc3)cc21. The highest BCUT2D eigenvalue weighted by Gasteiger charge is 2.41. The van der Waals surface area contributed by atoms with Crippen LogP contribution in [0.3, 0.4) is 0 Å². The molecule has 1 atom stereocenters. The minimum atomic E-state index is -0.411. The van der Waals surface area contributed by atoms with Crippen molar-refractivity contribution in [3.63, 3.8) is 0 Å². The van der Waals surface area contributed by atoms with Gasteiger partial charge in [0.1, 0.15) is 0 Å². The van der Waals surface area contributed by atoms with Crippen molar-refractivity contribution < 1.29 is 19.1 Å². The van der Waals surface area contributed by atoms with Crippen LogP contribution in [0.2, 0.25) is 0 Å². The van der Waals surface area contributed by atoms with Gasteiger partial charge in [0.2, 0.25) is 5.91 Å². The average Bonchev–Trinajstić information content (AvgIpc) is 3.73. The van der Waals surface area contributed by atoms with Gasteiger partial charge in [0, 0.05) is 44.2 Å². The molecular weight excluding hydrogens is 456 g/mol. The molecule has 1 aliphatic carbocycles. The van der Waals surface area contributed by atoms with Gasteiger partial charge in [-0.2, -0.15) is 0 Å². The standard InChI is InChI=1S/C28H34N4O4/c1-18(2)36-28(35)31-17-19(3)32(27(34)22-8-9-22)24-11-10-23(16-25(24)31)20-4-6-21(7-5-20)26(33)30-14-12-29-13-15-30/h4-7,10-11,16,18-19,22,29H,8-9,12-15,17H2,1-3H3/t19-/m0/s1. The van der Waals surface area contributed by atoms with Crippen molar-refractivity contribution in [1.29, 1.82) is 0 Å². The van der Waals surface area contributed by atoms with E-state index in [-0.39, 0.29) is 29.9 Å². The molecule has 1 saturated heterocycles. The van der Waals surface area contributed by atoms with Crippen LogP contribution in [0.25, 0.3) is 11.1 Å². The van der Waals surface area contributed by atoms with Crippen LogP contribution in [0.4, 0.5) is 16.2 Å². The number of carbonyl (C=O) groups excluding carboxylic acids is 3. The Hall–Kier alpha value is -3.39. The number of carbonyl (C=O) groups is 3. The third-order valence-corrected chi connectivity index (χ3v) is 7.00. The number of benzene rings is 2. The number of fused-ring (bicyclic) bond motifs is 1. The molecule has 2 heterocycles. The number of hydrogen-bond donors (Lipinski definition) is 1. The van der Waals surface area contributed by atoms with Gasteiger partial charge in [-0.15, -0.1) is 0 Å². The Bertz CT molecular complexity index is 1150. The van der Waals surface area contributed by atoms with Gasteiger partial charge in [-0.3, -0.25) is 14.5 Å². The van der Waals surface area contributed by atoms with Crippen LogP contribution in [0.1, 0.15) is 44.0 Å². The van der Waals surface area contributed by atoms with Crippen LogP contribution in [0.5, 0.6) is 0 Å². The normalized spacial score (nSPS) is 19.8. The lowest BCUT2D eigenvalue weighted by Gasteiger charge is -2.41. The van der Waals surface area contributed by atoms with Gasteiger partial charge in [-0.1, -0.05) is 18.2 Å². The molecule has 1 saturated carbocycles. The summed E-state index contributed by atoms with van der Waals surface area (Å²) in [6.07, 6.45) is 1.19. The number of hydrogen-bond acceptors (Lipinski definition) is 5. The summed E-state index contributed by atoms with van der Waals surface area (Å²) in [6, 6.07) is 13.3. The zero-order chi connectivity index (χ0) is 25.4. The van der Waals surface area contributed by atoms with E-state index in [0.717, 1.165) is 42.7 Å². The molecule has 0 unspecified atom stereocenters. The van der Waals surface area contributed by atoms with E-state index in [1.165, 1.54) is 0 Å². The van der Waals surface area contributed by atoms with Crippen molar-refractivity contribution in [1.82, 2.24) is 10.2 Å². The lowest BCUT2D eigenvalue weighted by Crippen LogP contribution is -2.52. The first-order valence-electron chi connectivity index (χ1n) is 12.9. The minimum absolute atomic E-state index is 0.0410. The van der Waals surface area contributed by atoms with E-state index in [0.29, 0.717) is 30.9 Å². The van der Waals surface area contributed by atoms with Gasteiger partial charge in [0.15, 0.2) is 0 Å². The van der Waals surface area contributed by atoms with Crippen LogP contribution >= 0.6 is 0 Å². The smallest absolute Gasteiger partial charge is 0.414 e. The number of nitrogens with one attached hydrogen (secondary N) is 1. The Morgan fingerprint density at radius 3 is 2.25 bits per heavy atom. The summed E-state index contributed by atoms with van der Waals surface area (Å²) in [5, 5.41) is 3.27. The van der Waals surface area contributed by atoms with Gasteiger partial charge >= 0.3 is 6.09 Å². The molecule has 3 amide bonds. The number of nitrogens with zero attached hydrogens (tertiary/aromatic N) is 3. The molecule has 8 heteroatoms. The lowest BCUT2D eigenvalue weighted by molar-refractivity contribution is -0.120. The summed E-state index contributed by atoms with van der Waals surface area (Å²) < 4.78 is 5.53. The predicted octanol–water partition coefficient (Wildman–Crippen LogP) is 3.90. The van der Waals surface area contributed by atoms with Gasteiger partial charge in [0.25, 0.3) is 5.91 Å². The number of ether oxygens (including phenoxy) is 1. The predicted molar refractivity (Wildman–Crippen MR) is 139 cm³/mol. The van der Waals surface area contributed by atoms with Gasteiger partial charge in [-0.05, 0) is 69.0 Å². The second-order valence-corrected chi connectivity index (χ2v) is 10.2. The second kappa shape index (κ2) is 9.93. The monoisotopic (exact) mass is 490 g/mol. The Kier molecular flexibility index (Phi) is 6.71. The van der Waals surface area contributed by atoms with E-state index in [9.17, 15) is 14.4 Å². The Balaban J connectivity index is 1.46. The van der Waals surface area contributed by atoms with Crippen molar-refractivity contribution in [2.24, 2.45) is 5.92 Å². The highest BCUT2D eigenvalue weighted by Crippen LogP contribution is 2.42. The van der Waals surface area contributed by atoms with Crippen molar-refractivity contribution in [3.05, 3.63) is 48.0 Å². The zero-order valence-electron chi connectivity index (χ0n) is 21.2. The summed E-state index contributed by atoms with van der Waals surface area (Å²) in [5.41, 5.74) is 3.92. The third-order valence-electron chi connectivity index (χ3n) is 7.00. The molecule has 36 heavy (non-hydrogen) atoms. The maximum absolute atomic E-state index is 13.1. The largest absolute Gasteiger partial charge is 0.446 e. The molecule has 8 nitrogen and oxygen atoms in total. The maximum atomic E-state index is 13.1. The quantitative estimate of drug-likeness (QED) is 0.703. The molecule has 2 aromatic rings. The summed E-state index contributed by atoms with van der Waals surface area (Å²) in [6.45, 7) is 9.05. The summed E-state index contributed by atoms with van der Waals surface area (Å²) in [5.74, 6) is 0.248. The topological polar surface area (TPSA) is 82.2 Å². The van der Waals surface area contributed by atoms with Crippen LogP contribution in [-0.2, 0) is 9.53 Å². The molecule has 0 bridgehead atoms. The second-order valence-electron chi connectivity index (χ2n) is 10.2. The average molecular weight is 491 g/mol. The molecule has 2 fully saturated rings. The fourth-order valence-electron chi connectivity index (χ4n) is 4.96. The van der Waals surface area contributed by atoms with Crippen LogP contribution in [0.15, 0.2) is 42.5 Å². The van der Waals surface area contributed by atoms with Crippen LogP contribution in [0, 0.1) is 5.92 Å². The van der Waals surface area contributed by atoms with Crippen LogP contribution < -0.4 is 15.1 Å². The van der Waals surface area contributed by atoms with E-state index >= 15 is 0 Å². The molecule has 2 aliphatic heterocycles. The third kappa shape index (κ3) is 4.82. The van der Waals surface area contributed by atoms with Gasteiger partial charge in [0.05, 0.1) is 23.5 Å². The van der Waals surface area contributed by atoms with E-state index in [2.05, 4.69) is 5.32 Å². The highest BCUT2D eigenvalue weighted by molar-refractivity contribution is 6.05. The number of amides is 3. The molecule has 5 rings (SSSR count). The van der Waals surface area contributed by atoms with Crippen molar-refractivity contribution in [3.8, 4) is 11.1 Å². The van der Waals surface area contributed by atoms with E-state index in [1.807, 2.05) is 73.0 Å². The number of rotatable bonds is 4. The summed E-state index contributed by atoms with van der Waals surface area (Å²) in [7, 11) is 0. The first-order chi connectivity index (χ1) is 17.3. The van der Waals surface area contributed by atoms with Gasteiger partial charge < -0.3 is 19.9 Å². The fourth-order valence-corrected chi connectivity index (χ4v) is 4.96. The van der Waals surface area contributed by atoms with E-state index < -0.39 is 6.09 Å². The molecule has 0 spiro atoms. The molecule has 0 aromatic heterocycles. The zero-order valence-corrected chi connectivity index (χ0v) is 21.2. The minimum Gasteiger partial charge on any atom is -0.446 e. The number of anilines is 2.